The molecule has 86 valence electrons. The zero-order valence-electron chi connectivity index (χ0n) is 9.56. The highest BCUT2D eigenvalue weighted by molar-refractivity contribution is 5.15. The highest BCUT2D eigenvalue weighted by atomic mass is 16.5. The van der Waals surface area contributed by atoms with Gasteiger partial charge in [0.1, 0.15) is 0 Å². The Bertz CT molecular complexity index is 337. The van der Waals surface area contributed by atoms with Gasteiger partial charge in [0.05, 0.1) is 13.2 Å². The van der Waals surface area contributed by atoms with Crippen LogP contribution in [0.1, 0.15) is 24.8 Å². The summed E-state index contributed by atoms with van der Waals surface area (Å²) in [6, 6.07) is 10.7. The van der Waals surface area contributed by atoms with Crippen LogP contribution < -0.4 is 5.73 Å². The summed E-state index contributed by atoms with van der Waals surface area (Å²) in [5.74, 6) is 0. The monoisotopic (exact) mass is 217 g/mol. The van der Waals surface area contributed by atoms with Crippen LogP contribution in [0, 0.1) is 0 Å². The number of rotatable bonds is 5. The van der Waals surface area contributed by atoms with Gasteiger partial charge in [-0.05, 0) is 24.8 Å². The number of benzene rings is 1. The maximum Gasteiger partial charge on any atom is 0.0717 e. The minimum Gasteiger partial charge on any atom is -0.376 e. The van der Waals surface area contributed by atoms with Gasteiger partial charge in [-0.25, -0.2) is 0 Å². The van der Waals surface area contributed by atoms with Crippen molar-refractivity contribution < 1.29 is 4.74 Å². The first-order valence-electron chi connectivity index (χ1n) is 5.90. The number of hydrogen-bond acceptors (Lipinski definition) is 2. The van der Waals surface area contributed by atoms with Crippen LogP contribution in [0.5, 0.6) is 0 Å². The van der Waals surface area contributed by atoms with Crippen LogP contribution in [-0.2, 0) is 11.3 Å². The Morgan fingerprint density at radius 3 is 2.69 bits per heavy atom. The van der Waals surface area contributed by atoms with Crippen LogP contribution >= 0.6 is 0 Å². The van der Waals surface area contributed by atoms with Gasteiger partial charge in [0.25, 0.3) is 0 Å². The van der Waals surface area contributed by atoms with E-state index in [0.717, 1.165) is 25.9 Å². The van der Waals surface area contributed by atoms with E-state index >= 15 is 0 Å². The molecule has 0 radical (unpaired) electrons. The summed E-state index contributed by atoms with van der Waals surface area (Å²) in [5.41, 5.74) is 8.44. The molecular formula is C14H19NO. The van der Waals surface area contributed by atoms with Gasteiger partial charge in [0, 0.05) is 6.04 Å². The Morgan fingerprint density at radius 1 is 1.25 bits per heavy atom. The lowest BCUT2D eigenvalue weighted by atomic mass is 9.87. The Hall–Kier alpha value is -1.12. The molecular weight excluding hydrogens is 198 g/mol. The van der Waals surface area contributed by atoms with Crippen molar-refractivity contribution in [2.45, 2.75) is 31.9 Å². The van der Waals surface area contributed by atoms with Gasteiger partial charge < -0.3 is 10.5 Å². The van der Waals surface area contributed by atoms with Crippen LogP contribution in [0.2, 0.25) is 0 Å². The Kier molecular flexibility index (Phi) is 4.14. The van der Waals surface area contributed by atoms with E-state index < -0.39 is 0 Å². The topological polar surface area (TPSA) is 35.2 Å². The molecule has 0 aliphatic heterocycles. The molecule has 1 fully saturated rings. The molecule has 2 rings (SSSR count). The van der Waals surface area contributed by atoms with Gasteiger partial charge in [-0.15, -0.1) is 0 Å². The maximum absolute atomic E-state index is 5.70. The van der Waals surface area contributed by atoms with Crippen LogP contribution in [0.25, 0.3) is 0 Å². The fourth-order valence-electron chi connectivity index (χ4n) is 1.89. The predicted molar refractivity (Wildman–Crippen MR) is 66.0 cm³/mol. The molecule has 1 aliphatic carbocycles. The summed E-state index contributed by atoms with van der Waals surface area (Å²) in [4.78, 5) is 0. The largest absolute Gasteiger partial charge is 0.376 e. The lowest BCUT2D eigenvalue weighted by Gasteiger charge is -2.25. The fourth-order valence-corrected chi connectivity index (χ4v) is 1.89. The zero-order chi connectivity index (χ0) is 11.2. The highest BCUT2D eigenvalue weighted by Crippen LogP contribution is 2.24. The van der Waals surface area contributed by atoms with Crippen molar-refractivity contribution in [3.05, 3.63) is 47.5 Å². The van der Waals surface area contributed by atoms with Crippen LogP contribution in [0.3, 0.4) is 0 Å². The molecule has 1 aromatic carbocycles. The SMILES string of the molecule is NC1CC(=CCCOCc2ccccc2)C1. The number of nitrogens with two attached hydrogens (primary N) is 1. The average molecular weight is 217 g/mol. The molecule has 2 N–H and O–H groups in total. The molecule has 0 saturated heterocycles. The summed E-state index contributed by atoms with van der Waals surface area (Å²) in [6.07, 6.45) is 5.45. The van der Waals surface area contributed by atoms with Crippen molar-refractivity contribution in [2.24, 2.45) is 5.73 Å². The first kappa shape index (κ1) is 11.4. The van der Waals surface area contributed by atoms with Crippen molar-refractivity contribution in [3.63, 3.8) is 0 Å². The third-order valence-corrected chi connectivity index (χ3v) is 2.86. The molecule has 16 heavy (non-hydrogen) atoms. The van der Waals surface area contributed by atoms with E-state index in [9.17, 15) is 0 Å². The summed E-state index contributed by atoms with van der Waals surface area (Å²) in [7, 11) is 0. The van der Waals surface area contributed by atoms with E-state index in [1.54, 1.807) is 0 Å². The minimum absolute atomic E-state index is 0.413. The molecule has 2 heteroatoms. The molecule has 1 saturated carbocycles. The van der Waals surface area contributed by atoms with Crippen LogP contribution in [0.4, 0.5) is 0 Å². The van der Waals surface area contributed by atoms with Gasteiger partial charge in [-0.3, -0.25) is 0 Å². The Morgan fingerprint density at radius 2 is 2.00 bits per heavy atom. The smallest absolute Gasteiger partial charge is 0.0717 e. The van der Waals surface area contributed by atoms with Gasteiger partial charge in [-0.2, -0.15) is 0 Å². The molecule has 1 aliphatic rings. The molecule has 0 atom stereocenters. The van der Waals surface area contributed by atoms with Crippen molar-refractivity contribution in [3.8, 4) is 0 Å². The highest BCUT2D eigenvalue weighted by Gasteiger charge is 2.17. The summed E-state index contributed by atoms with van der Waals surface area (Å²) in [5, 5.41) is 0. The van der Waals surface area contributed by atoms with Crippen LogP contribution in [0.15, 0.2) is 42.0 Å². The van der Waals surface area contributed by atoms with E-state index in [-0.39, 0.29) is 0 Å². The lowest BCUT2D eigenvalue weighted by molar-refractivity contribution is 0.125. The number of hydrogen-bond donors (Lipinski definition) is 1. The first-order valence-corrected chi connectivity index (χ1v) is 5.90. The molecule has 0 amide bonds. The van der Waals surface area contributed by atoms with Crippen molar-refractivity contribution in [1.29, 1.82) is 0 Å². The standard InChI is InChI=1S/C14H19NO/c15-14-9-13(10-14)7-4-8-16-11-12-5-2-1-3-6-12/h1-3,5-7,14H,4,8-11,15H2. The van der Waals surface area contributed by atoms with E-state index in [1.807, 2.05) is 18.2 Å². The second-order valence-corrected chi connectivity index (χ2v) is 4.36. The summed E-state index contributed by atoms with van der Waals surface area (Å²) < 4.78 is 5.59. The fraction of sp³-hybridized carbons (Fsp3) is 0.429. The minimum atomic E-state index is 0.413. The van der Waals surface area contributed by atoms with Gasteiger partial charge in [-0.1, -0.05) is 42.0 Å². The Balaban J connectivity index is 1.57. The number of ether oxygens (including phenoxy) is 1. The third-order valence-electron chi connectivity index (χ3n) is 2.86. The summed E-state index contributed by atoms with van der Waals surface area (Å²) in [6.45, 7) is 1.51. The van der Waals surface area contributed by atoms with E-state index in [1.165, 1.54) is 11.1 Å². The molecule has 0 unspecified atom stereocenters. The quantitative estimate of drug-likeness (QED) is 0.608. The molecule has 0 bridgehead atoms. The summed E-state index contributed by atoms with van der Waals surface area (Å²) >= 11 is 0. The van der Waals surface area contributed by atoms with Gasteiger partial charge >= 0.3 is 0 Å². The molecule has 0 aromatic heterocycles. The van der Waals surface area contributed by atoms with Gasteiger partial charge in [0.2, 0.25) is 0 Å². The maximum atomic E-state index is 5.70. The second kappa shape index (κ2) is 5.83. The molecule has 2 nitrogen and oxygen atoms in total. The average Bonchev–Trinajstić information content (AvgIpc) is 2.27. The molecule has 0 heterocycles. The van der Waals surface area contributed by atoms with Crippen LogP contribution in [-0.4, -0.2) is 12.6 Å². The van der Waals surface area contributed by atoms with Gasteiger partial charge in [0.15, 0.2) is 0 Å². The van der Waals surface area contributed by atoms with E-state index in [0.29, 0.717) is 12.6 Å². The zero-order valence-corrected chi connectivity index (χ0v) is 9.56. The lowest BCUT2D eigenvalue weighted by Crippen LogP contribution is -2.30. The molecule has 1 aromatic rings. The Labute approximate surface area is 97.1 Å². The molecule has 0 spiro atoms. The first-order chi connectivity index (χ1) is 7.84. The van der Waals surface area contributed by atoms with Crippen molar-refractivity contribution in [2.75, 3.05) is 6.61 Å². The van der Waals surface area contributed by atoms with E-state index in [4.69, 9.17) is 10.5 Å². The third kappa shape index (κ3) is 3.47. The normalized spacial score (nSPS) is 19.3. The van der Waals surface area contributed by atoms with Crippen molar-refractivity contribution >= 4 is 0 Å². The second-order valence-electron chi connectivity index (χ2n) is 4.36. The van der Waals surface area contributed by atoms with E-state index in [2.05, 4.69) is 18.2 Å². The predicted octanol–water partition coefficient (Wildman–Crippen LogP) is 2.64. The van der Waals surface area contributed by atoms with Crippen molar-refractivity contribution in [1.82, 2.24) is 0 Å².